The molecule has 0 radical (unpaired) electrons. The summed E-state index contributed by atoms with van der Waals surface area (Å²) in [5.41, 5.74) is 27.3. The summed E-state index contributed by atoms with van der Waals surface area (Å²) in [5.74, 6) is -1.28. The zero-order chi connectivity index (χ0) is 39.0. The summed E-state index contributed by atoms with van der Waals surface area (Å²) in [5, 5.41) is 38.8. The minimum Gasteiger partial charge on any atom is -0.394 e. The van der Waals surface area contributed by atoms with Gasteiger partial charge in [-0.1, -0.05) is 60.1 Å². The van der Waals surface area contributed by atoms with Crippen LogP contribution in [0, 0.1) is 0 Å². The Morgan fingerprint density at radius 3 is 2.28 bits per heavy atom. The number of guanidine groups is 1. The molecule has 54 heavy (non-hydrogen) atoms. The smallest absolute Gasteiger partial charge is 0.280 e. The Morgan fingerprint density at radius 1 is 0.852 bits per heavy atom. The highest BCUT2D eigenvalue weighted by molar-refractivity contribution is 6.31. The highest BCUT2D eigenvalue weighted by Gasteiger charge is 2.18. The van der Waals surface area contributed by atoms with Gasteiger partial charge >= 0.3 is 0 Å². The number of hydrogen-bond acceptors (Lipinski definition) is 12. The molecule has 0 aliphatic carbocycles. The second-order valence-electron chi connectivity index (χ2n) is 13.1. The van der Waals surface area contributed by atoms with Gasteiger partial charge in [0.15, 0.2) is 28.4 Å². The number of nitrogens with one attached hydrogen (secondary N) is 3. The summed E-state index contributed by atoms with van der Waals surface area (Å²) < 4.78 is 0. The van der Waals surface area contributed by atoms with Crippen molar-refractivity contribution in [2.75, 3.05) is 43.0 Å². The fourth-order valence-electron chi connectivity index (χ4n) is 5.91. The number of aromatic nitrogens is 2. The lowest BCUT2D eigenvalue weighted by Crippen LogP contribution is -2.38. The van der Waals surface area contributed by atoms with Gasteiger partial charge in [0.25, 0.3) is 5.91 Å². The summed E-state index contributed by atoms with van der Waals surface area (Å²) in [6.07, 6.45) is 3.59. The Bertz CT molecular complexity index is 1880. The van der Waals surface area contributed by atoms with Crippen molar-refractivity contribution in [2.45, 2.75) is 69.6 Å². The molecular weight excluding hydrogens is 712 g/mol. The molecule has 0 saturated carbocycles. The number of nitrogens with two attached hydrogens (primary N) is 4. The molecule has 0 unspecified atom stereocenters. The minimum absolute atomic E-state index is 0.0778. The number of unbranched alkanes of at least 4 members (excludes halogenated alkanes) is 1. The number of halogens is 1. The second-order valence-corrected chi connectivity index (χ2v) is 13.5. The first kappa shape index (κ1) is 41.9. The normalized spacial score (nSPS) is 13.4. The van der Waals surface area contributed by atoms with Crippen molar-refractivity contribution in [1.29, 1.82) is 0 Å². The summed E-state index contributed by atoms with van der Waals surface area (Å²) in [6.45, 7) is 1.45. The number of aliphatic imine (C=N–C) groups is 1. The second kappa shape index (κ2) is 21.1. The monoisotopic (exact) mass is 762 g/mol. The van der Waals surface area contributed by atoms with E-state index in [0.29, 0.717) is 31.6 Å². The predicted octanol–water partition coefficient (Wildman–Crippen LogP) is 2.04. The first-order valence-electron chi connectivity index (χ1n) is 18.0. The Hall–Kier alpha value is -4.90. The summed E-state index contributed by atoms with van der Waals surface area (Å²) in [7, 11) is 0. The fraction of sp³-hybridized carbons (Fsp3) is 0.395. The van der Waals surface area contributed by atoms with Crippen LogP contribution in [0.25, 0.3) is 10.8 Å². The molecule has 2 amide bonds. The van der Waals surface area contributed by atoms with Gasteiger partial charge in [-0.2, -0.15) is 0 Å². The summed E-state index contributed by atoms with van der Waals surface area (Å²) in [4.78, 5) is 37.4. The van der Waals surface area contributed by atoms with Gasteiger partial charge in [-0.3, -0.25) is 19.9 Å². The van der Waals surface area contributed by atoms with Gasteiger partial charge in [0.1, 0.15) is 0 Å². The van der Waals surface area contributed by atoms with E-state index < -0.39 is 24.2 Å². The van der Waals surface area contributed by atoms with Gasteiger partial charge in [0, 0.05) is 18.7 Å². The van der Waals surface area contributed by atoms with Gasteiger partial charge in [-0.05, 0) is 97.6 Å². The molecule has 0 fully saturated rings. The quantitative estimate of drug-likeness (QED) is 0.0352. The van der Waals surface area contributed by atoms with Crippen molar-refractivity contribution in [3.8, 4) is 0 Å². The molecule has 3 atom stereocenters. The topological polar surface area (TPSA) is 273 Å². The van der Waals surface area contributed by atoms with Crippen LogP contribution in [-0.4, -0.2) is 87.6 Å². The summed E-state index contributed by atoms with van der Waals surface area (Å²) >= 11 is 5.85. The van der Waals surface area contributed by atoms with E-state index >= 15 is 0 Å². The van der Waals surface area contributed by atoms with Crippen LogP contribution in [0.4, 0.5) is 17.3 Å². The molecule has 0 spiro atoms. The maximum Gasteiger partial charge on any atom is 0.280 e. The van der Waals surface area contributed by atoms with E-state index in [0.717, 1.165) is 66.1 Å². The van der Waals surface area contributed by atoms with Crippen LogP contribution in [0.2, 0.25) is 5.15 Å². The number of aryl methyl sites for hydroxylation is 2. The van der Waals surface area contributed by atoms with Crippen molar-refractivity contribution in [2.24, 2.45) is 16.5 Å². The standard InChI is InChI=1S/C38H51ClN10O5/c39-33-35(42)48-34(41)32(47-33)37(54)49-38(43)45-18-4-3-7-24-12-13-25(30-9-2-1-8-29(24)30)20-31(40)36(53)46-26-14-10-23(11-15-26)6-5-17-44-19-16-27(51)21-28(52)22-50/h1-2,8-15,27-28,31,44,50-52H,3-7,16-22,40H2,(H,46,53)(H4,41,42,48)(H3,43,45,49,54)/t27-,28+,31+/m1/s1. The highest BCUT2D eigenvalue weighted by Crippen LogP contribution is 2.26. The third-order valence-electron chi connectivity index (χ3n) is 8.83. The molecule has 4 aromatic rings. The first-order chi connectivity index (χ1) is 25.9. The van der Waals surface area contributed by atoms with E-state index in [4.69, 9.17) is 39.6 Å². The Morgan fingerprint density at radius 2 is 1.56 bits per heavy atom. The Kier molecular flexibility index (Phi) is 16.4. The number of nitrogen functional groups attached to an aromatic ring is 2. The van der Waals surface area contributed by atoms with Crippen molar-refractivity contribution in [3.05, 3.63) is 88.2 Å². The van der Waals surface area contributed by atoms with Gasteiger partial charge in [-0.15, -0.1) is 0 Å². The molecule has 0 bridgehead atoms. The SMILES string of the molecule is NC(=NCCCCc1ccc(C[C@H](N)C(=O)Nc2ccc(CCCNCC[C@@H](O)C[C@H](O)CO)cc2)c2ccccc12)NC(=O)c1nc(Cl)c(N)nc1N. The van der Waals surface area contributed by atoms with E-state index in [1.165, 1.54) is 0 Å². The number of benzene rings is 3. The molecule has 4 rings (SSSR count). The third-order valence-corrected chi connectivity index (χ3v) is 9.11. The minimum atomic E-state index is -0.890. The van der Waals surface area contributed by atoms with Crippen LogP contribution in [0.1, 0.15) is 59.3 Å². The van der Waals surface area contributed by atoms with E-state index in [-0.39, 0.29) is 47.4 Å². The fourth-order valence-corrected chi connectivity index (χ4v) is 6.03. The lowest BCUT2D eigenvalue weighted by molar-refractivity contribution is -0.117. The van der Waals surface area contributed by atoms with Crippen LogP contribution in [0.3, 0.4) is 0 Å². The largest absolute Gasteiger partial charge is 0.394 e. The molecule has 290 valence electrons. The molecule has 16 heteroatoms. The molecule has 0 aliphatic heterocycles. The van der Waals surface area contributed by atoms with Crippen molar-refractivity contribution >= 4 is 57.5 Å². The van der Waals surface area contributed by atoms with Crippen LogP contribution in [-0.2, 0) is 24.1 Å². The average Bonchev–Trinajstić information content (AvgIpc) is 3.15. The molecule has 0 aliphatic rings. The molecule has 1 heterocycles. The molecular formula is C38H51ClN10O5. The van der Waals surface area contributed by atoms with Gasteiger partial charge in [0.05, 0.1) is 24.9 Å². The van der Waals surface area contributed by atoms with E-state index in [9.17, 15) is 19.8 Å². The predicted molar refractivity (Wildman–Crippen MR) is 213 cm³/mol. The van der Waals surface area contributed by atoms with E-state index in [2.05, 4.69) is 43.0 Å². The number of amides is 2. The Balaban J connectivity index is 1.20. The van der Waals surface area contributed by atoms with Crippen LogP contribution in [0.5, 0.6) is 0 Å². The maximum atomic E-state index is 13.1. The number of aliphatic hydroxyl groups is 3. The molecule has 1 aromatic heterocycles. The van der Waals surface area contributed by atoms with Crippen molar-refractivity contribution < 1.29 is 24.9 Å². The average molecular weight is 763 g/mol. The number of rotatable bonds is 20. The number of fused-ring (bicyclic) bond motifs is 1. The molecule has 3 aromatic carbocycles. The maximum absolute atomic E-state index is 13.1. The molecule has 0 saturated heterocycles. The number of aliphatic hydroxyl groups excluding tert-OH is 3. The highest BCUT2D eigenvalue weighted by atomic mass is 35.5. The molecule has 15 nitrogen and oxygen atoms in total. The number of carbonyl (C=O) groups excluding carboxylic acids is 2. The summed E-state index contributed by atoms with van der Waals surface area (Å²) in [6, 6.07) is 19.1. The zero-order valence-corrected chi connectivity index (χ0v) is 30.9. The van der Waals surface area contributed by atoms with Crippen molar-refractivity contribution in [1.82, 2.24) is 20.6 Å². The first-order valence-corrected chi connectivity index (χ1v) is 18.3. The number of anilines is 3. The lowest BCUT2D eigenvalue weighted by atomic mass is 9.93. The third kappa shape index (κ3) is 12.9. The van der Waals surface area contributed by atoms with Crippen LogP contribution < -0.4 is 38.9 Å². The van der Waals surface area contributed by atoms with E-state index in [1.54, 1.807) is 0 Å². The Labute approximate surface area is 319 Å². The van der Waals surface area contributed by atoms with Crippen LogP contribution in [0.15, 0.2) is 65.7 Å². The number of nitrogens with zero attached hydrogens (tertiary/aromatic N) is 3. The van der Waals surface area contributed by atoms with Gasteiger partial charge in [-0.25, -0.2) is 9.97 Å². The number of hydrogen-bond donors (Lipinski definition) is 10. The van der Waals surface area contributed by atoms with Gasteiger partial charge in [0.2, 0.25) is 5.91 Å². The zero-order valence-electron chi connectivity index (χ0n) is 30.2. The molecule has 14 N–H and O–H groups in total. The number of carbonyl (C=O) groups is 2. The van der Waals surface area contributed by atoms with E-state index in [1.807, 2.05) is 48.5 Å². The van der Waals surface area contributed by atoms with Gasteiger partial charge < -0.3 is 48.9 Å². The van der Waals surface area contributed by atoms with Crippen molar-refractivity contribution in [3.63, 3.8) is 0 Å². The lowest BCUT2D eigenvalue weighted by Gasteiger charge is -2.16. The van der Waals surface area contributed by atoms with Crippen LogP contribution >= 0.6 is 11.6 Å².